The van der Waals surface area contributed by atoms with E-state index in [0.717, 1.165) is 0 Å². The molecule has 1 heterocycles. The van der Waals surface area contributed by atoms with Gasteiger partial charge < -0.3 is 16.2 Å². The van der Waals surface area contributed by atoms with Gasteiger partial charge in [-0.2, -0.15) is 0 Å². The first-order valence-electron chi connectivity index (χ1n) is 4.46. The number of fused-ring (bicyclic) bond motifs is 1. The van der Waals surface area contributed by atoms with Crippen LogP contribution in [0.5, 0.6) is 5.75 Å². The Morgan fingerprint density at radius 1 is 1.43 bits per heavy atom. The highest BCUT2D eigenvalue weighted by atomic mass is 16.5. The zero-order chi connectivity index (χ0) is 10.2. The van der Waals surface area contributed by atoms with E-state index in [0.29, 0.717) is 24.3 Å². The molecule has 0 fully saturated rings. The second-order valence-corrected chi connectivity index (χ2v) is 3.43. The number of primary amides is 1. The summed E-state index contributed by atoms with van der Waals surface area (Å²) in [7, 11) is 0. The Hall–Kier alpha value is -1.55. The van der Waals surface area contributed by atoms with Crippen LogP contribution in [0, 0.1) is 0 Å². The van der Waals surface area contributed by atoms with E-state index in [1.165, 1.54) is 0 Å². The smallest absolute Gasteiger partial charge is 0.242 e. The van der Waals surface area contributed by atoms with Crippen molar-refractivity contribution in [2.75, 3.05) is 6.61 Å². The van der Waals surface area contributed by atoms with Crippen molar-refractivity contribution in [1.29, 1.82) is 0 Å². The van der Waals surface area contributed by atoms with Gasteiger partial charge in [-0.1, -0.05) is 18.2 Å². The first-order chi connectivity index (χ1) is 6.64. The number of amides is 1. The van der Waals surface area contributed by atoms with Gasteiger partial charge in [0.2, 0.25) is 5.91 Å². The highest BCUT2D eigenvalue weighted by molar-refractivity contribution is 5.87. The van der Waals surface area contributed by atoms with E-state index in [1.54, 1.807) is 12.1 Å². The number of hydrogen-bond donors (Lipinski definition) is 2. The van der Waals surface area contributed by atoms with E-state index in [9.17, 15) is 4.79 Å². The van der Waals surface area contributed by atoms with Gasteiger partial charge in [-0.25, -0.2) is 0 Å². The minimum absolute atomic E-state index is 0.427. The molecule has 0 saturated carbocycles. The summed E-state index contributed by atoms with van der Waals surface area (Å²) in [5.74, 6) is 0.147. The minimum atomic E-state index is -1.07. The number of hydrogen-bond acceptors (Lipinski definition) is 3. The molecule has 1 amide bonds. The van der Waals surface area contributed by atoms with Gasteiger partial charge in [0.05, 0.1) is 6.61 Å². The highest BCUT2D eigenvalue weighted by Gasteiger charge is 2.39. The summed E-state index contributed by atoms with van der Waals surface area (Å²) < 4.78 is 5.38. The van der Waals surface area contributed by atoms with Crippen molar-refractivity contribution in [2.45, 2.75) is 12.0 Å². The van der Waals surface area contributed by atoms with Gasteiger partial charge in [-0.15, -0.1) is 0 Å². The second-order valence-electron chi connectivity index (χ2n) is 3.43. The first-order valence-corrected chi connectivity index (χ1v) is 4.46. The van der Waals surface area contributed by atoms with Crippen LogP contribution in [-0.2, 0) is 10.3 Å². The predicted molar refractivity (Wildman–Crippen MR) is 51.6 cm³/mol. The first kappa shape index (κ1) is 9.02. The maximum Gasteiger partial charge on any atom is 0.242 e. The van der Waals surface area contributed by atoms with E-state index in [-0.39, 0.29) is 0 Å². The van der Waals surface area contributed by atoms with Crippen molar-refractivity contribution in [3.8, 4) is 5.75 Å². The molecule has 4 nitrogen and oxygen atoms in total. The Kier molecular flexibility index (Phi) is 1.93. The van der Waals surface area contributed by atoms with E-state index in [4.69, 9.17) is 16.2 Å². The molecule has 14 heavy (non-hydrogen) atoms. The molecule has 74 valence electrons. The van der Waals surface area contributed by atoms with Crippen molar-refractivity contribution in [1.82, 2.24) is 0 Å². The fraction of sp³-hybridized carbons (Fsp3) is 0.300. The molecular weight excluding hydrogens is 180 g/mol. The molecule has 1 aliphatic rings. The van der Waals surface area contributed by atoms with Crippen LogP contribution in [0.25, 0.3) is 0 Å². The fourth-order valence-corrected chi connectivity index (χ4v) is 1.67. The molecule has 4 heteroatoms. The third kappa shape index (κ3) is 1.15. The number of para-hydroxylation sites is 1. The predicted octanol–water partition coefficient (Wildman–Crippen LogP) is 0.108. The van der Waals surface area contributed by atoms with Crippen LogP contribution in [0.2, 0.25) is 0 Å². The van der Waals surface area contributed by atoms with Crippen LogP contribution in [0.4, 0.5) is 0 Å². The van der Waals surface area contributed by atoms with E-state index < -0.39 is 11.4 Å². The monoisotopic (exact) mass is 192 g/mol. The van der Waals surface area contributed by atoms with Crippen molar-refractivity contribution in [3.05, 3.63) is 29.8 Å². The molecule has 0 saturated heterocycles. The third-order valence-corrected chi connectivity index (χ3v) is 2.56. The summed E-state index contributed by atoms with van der Waals surface area (Å²) in [6, 6.07) is 7.22. The number of ether oxygens (including phenoxy) is 1. The molecule has 0 aliphatic carbocycles. The number of rotatable bonds is 1. The number of carbonyl (C=O) groups excluding carboxylic acids is 1. The highest BCUT2D eigenvalue weighted by Crippen LogP contribution is 2.34. The maximum absolute atomic E-state index is 11.3. The molecule has 1 aromatic carbocycles. The van der Waals surface area contributed by atoms with Crippen LogP contribution < -0.4 is 16.2 Å². The standard InChI is InChI=1S/C10H12N2O2/c11-9(13)10(12)5-6-14-8-4-2-1-3-7(8)10/h1-4H,5-6,12H2,(H2,11,13). The Morgan fingerprint density at radius 3 is 2.86 bits per heavy atom. The number of benzene rings is 1. The number of nitrogens with two attached hydrogens (primary N) is 2. The topological polar surface area (TPSA) is 78.3 Å². The molecule has 0 aromatic heterocycles. The van der Waals surface area contributed by atoms with Crippen molar-refractivity contribution >= 4 is 5.91 Å². The van der Waals surface area contributed by atoms with Crippen molar-refractivity contribution in [3.63, 3.8) is 0 Å². The fourth-order valence-electron chi connectivity index (χ4n) is 1.67. The second kappa shape index (κ2) is 2.99. The van der Waals surface area contributed by atoms with Gasteiger partial charge in [0.25, 0.3) is 0 Å². The van der Waals surface area contributed by atoms with Crippen LogP contribution in [0.15, 0.2) is 24.3 Å². The Bertz CT molecular complexity index is 378. The van der Waals surface area contributed by atoms with Gasteiger partial charge in [0.15, 0.2) is 0 Å². The Morgan fingerprint density at radius 2 is 2.14 bits per heavy atom. The van der Waals surface area contributed by atoms with Crippen LogP contribution in [0.1, 0.15) is 12.0 Å². The summed E-state index contributed by atoms with van der Waals surface area (Å²) in [5.41, 5.74) is 10.9. The summed E-state index contributed by atoms with van der Waals surface area (Å²) >= 11 is 0. The molecule has 1 aromatic rings. The molecule has 1 unspecified atom stereocenters. The molecule has 0 spiro atoms. The number of carbonyl (C=O) groups is 1. The summed E-state index contributed by atoms with van der Waals surface area (Å²) in [6.45, 7) is 0.427. The van der Waals surface area contributed by atoms with Gasteiger partial charge >= 0.3 is 0 Å². The minimum Gasteiger partial charge on any atom is -0.493 e. The molecule has 0 bridgehead atoms. The average molecular weight is 192 g/mol. The zero-order valence-corrected chi connectivity index (χ0v) is 7.69. The van der Waals surface area contributed by atoms with Gasteiger partial charge in [-0.3, -0.25) is 4.79 Å². The van der Waals surface area contributed by atoms with E-state index in [1.807, 2.05) is 12.1 Å². The van der Waals surface area contributed by atoms with Crippen molar-refractivity contribution < 1.29 is 9.53 Å². The molecular formula is C10H12N2O2. The zero-order valence-electron chi connectivity index (χ0n) is 7.69. The normalized spacial score (nSPS) is 24.9. The van der Waals surface area contributed by atoms with Crippen LogP contribution in [0.3, 0.4) is 0 Å². The van der Waals surface area contributed by atoms with Crippen LogP contribution in [-0.4, -0.2) is 12.5 Å². The largest absolute Gasteiger partial charge is 0.493 e. The van der Waals surface area contributed by atoms with Crippen molar-refractivity contribution in [2.24, 2.45) is 11.5 Å². The average Bonchev–Trinajstić information content (AvgIpc) is 2.18. The van der Waals surface area contributed by atoms with E-state index in [2.05, 4.69) is 0 Å². The summed E-state index contributed by atoms with van der Waals surface area (Å²) in [6.07, 6.45) is 0.430. The Balaban J connectivity index is 2.55. The van der Waals surface area contributed by atoms with E-state index >= 15 is 0 Å². The molecule has 4 N–H and O–H groups in total. The summed E-state index contributed by atoms with van der Waals surface area (Å²) in [4.78, 5) is 11.3. The van der Waals surface area contributed by atoms with Gasteiger partial charge in [-0.05, 0) is 6.07 Å². The van der Waals surface area contributed by atoms with Gasteiger partial charge in [0.1, 0.15) is 11.3 Å². The van der Waals surface area contributed by atoms with Crippen LogP contribution >= 0.6 is 0 Å². The molecule has 2 rings (SSSR count). The SMILES string of the molecule is NC(=O)C1(N)CCOc2ccccc21. The third-order valence-electron chi connectivity index (χ3n) is 2.56. The van der Waals surface area contributed by atoms with Gasteiger partial charge in [0, 0.05) is 12.0 Å². The lowest BCUT2D eigenvalue weighted by atomic mass is 9.85. The quantitative estimate of drug-likeness (QED) is 0.662. The molecule has 1 aliphatic heterocycles. The lowest BCUT2D eigenvalue weighted by Gasteiger charge is -2.32. The molecule has 0 radical (unpaired) electrons. The molecule has 1 atom stereocenters. The lowest BCUT2D eigenvalue weighted by Crippen LogP contribution is -2.51. The Labute approximate surface area is 81.8 Å². The maximum atomic E-state index is 11.3. The lowest BCUT2D eigenvalue weighted by molar-refractivity contribution is -0.124. The summed E-state index contributed by atoms with van der Waals surface area (Å²) in [5, 5.41) is 0.